The standard InChI is InChI=1S/C12H14FNO2/c1-3-7-14(4-2)12(16)10-8-9(13)5-6-11(10)15/h3,5-6,8,15H,1,4,7H2,2H3. The van der Waals surface area contributed by atoms with E-state index < -0.39 is 11.7 Å². The number of nitrogens with zero attached hydrogens (tertiary/aromatic N) is 1. The SMILES string of the molecule is C=CCN(CC)C(=O)c1cc(F)ccc1O. The van der Waals surface area contributed by atoms with Crippen LogP contribution in [-0.2, 0) is 0 Å². The van der Waals surface area contributed by atoms with E-state index in [1.54, 1.807) is 13.0 Å². The number of halogens is 1. The molecule has 1 aromatic carbocycles. The number of amides is 1. The minimum atomic E-state index is -0.546. The molecule has 0 fully saturated rings. The highest BCUT2D eigenvalue weighted by atomic mass is 19.1. The monoisotopic (exact) mass is 223 g/mol. The van der Waals surface area contributed by atoms with Crippen LogP contribution in [0, 0.1) is 5.82 Å². The Morgan fingerprint density at radius 2 is 2.31 bits per heavy atom. The summed E-state index contributed by atoms with van der Waals surface area (Å²) in [6, 6.07) is 3.31. The van der Waals surface area contributed by atoms with Crippen LogP contribution in [0.25, 0.3) is 0 Å². The molecule has 0 radical (unpaired) electrons. The van der Waals surface area contributed by atoms with Crippen LogP contribution in [0.4, 0.5) is 4.39 Å². The van der Waals surface area contributed by atoms with Crippen LogP contribution in [0.5, 0.6) is 5.75 Å². The number of phenolic OH excluding ortho intramolecular Hbond substituents is 1. The Bertz CT molecular complexity index is 404. The molecule has 0 spiro atoms. The van der Waals surface area contributed by atoms with E-state index in [2.05, 4.69) is 6.58 Å². The number of benzene rings is 1. The van der Waals surface area contributed by atoms with E-state index in [0.717, 1.165) is 12.1 Å². The number of aromatic hydroxyl groups is 1. The molecule has 0 aliphatic heterocycles. The summed E-state index contributed by atoms with van der Waals surface area (Å²) in [5.41, 5.74) is -0.0244. The number of carbonyl (C=O) groups is 1. The Hall–Kier alpha value is -1.84. The fourth-order valence-electron chi connectivity index (χ4n) is 1.36. The first kappa shape index (κ1) is 12.2. The quantitative estimate of drug-likeness (QED) is 0.795. The number of carbonyl (C=O) groups excluding carboxylic acids is 1. The highest BCUT2D eigenvalue weighted by Crippen LogP contribution is 2.19. The van der Waals surface area contributed by atoms with Crippen LogP contribution >= 0.6 is 0 Å². The molecule has 1 rings (SSSR count). The van der Waals surface area contributed by atoms with Gasteiger partial charge < -0.3 is 10.0 Å². The number of hydrogen-bond donors (Lipinski definition) is 1. The molecule has 1 N–H and O–H groups in total. The van der Waals surface area contributed by atoms with Crippen molar-refractivity contribution in [2.75, 3.05) is 13.1 Å². The second-order valence-corrected chi connectivity index (χ2v) is 3.29. The third-order valence-electron chi connectivity index (χ3n) is 2.21. The van der Waals surface area contributed by atoms with Gasteiger partial charge in [0.25, 0.3) is 5.91 Å². The molecule has 0 saturated heterocycles. The summed E-state index contributed by atoms with van der Waals surface area (Å²) in [4.78, 5) is 13.4. The molecule has 0 saturated carbocycles. The molecule has 0 aliphatic rings. The van der Waals surface area contributed by atoms with Crippen LogP contribution in [0.3, 0.4) is 0 Å². The Labute approximate surface area is 93.8 Å². The van der Waals surface area contributed by atoms with Crippen molar-refractivity contribution >= 4 is 5.91 Å². The summed E-state index contributed by atoms with van der Waals surface area (Å²) in [6.07, 6.45) is 1.58. The lowest BCUT2D eigenvalue weighted by atomic mass is 10.1. The van der Waals surface area contributed by atoms with Crippen molar-refractivity contribution in [1.29, 1.82) is 0 Å². The van der Waals surface area contributed by atoms with Crippen molar-refractivity contribution in [2.45, 2.75) is 6.92 Å². The van der Waals surface area contributed by atoms with Gasteiger partial charge in [0, 0.05) is 13.1 Å². The Kier molecular flexibility index (Phi) is 4.05. The van der Waals surface area contributed by atoms with Gasteiger partial charge in [0.1, 0.15) is 11.6 Å². The maximum Gasteiger partial charge on any atom is 0.257 e. The smallest absolute Gasteiger partial charge is 0.257 e. The fourth-order valence-corrected chi connectivity index (χ4v) is 1.36. The van der Waals surface area contributed by atoms with Crippen molar-refractivity contribution in [3.8, 4) is 5.75 Å². The molecule has 86 valence electrons. The minimum Gasteiger partial charge on any atom is -0.507 e. The normalized spacial score (nSPS) is 9.88. The topological polar surface area (TPSA) is 40.5 Å². The highest BCUT2D eigenvalue weighted by molar-refractivity contribution is 5.96. The van der Waals surface area contributed by atoms with E-state index in [-0.39, 0.29) is 11.3 Å². The van der Waals surface area contributed by atoms with Gasteiger partial charge in [-0.15, -0.1) is 6.58 Å². The van der Waals surface area contributed by atoms with Crippen molar-refractivity contribution in [3.05, 3.63) is 42.2 Å². The summed E-state index contributed by atoms with van der Waals surface area (Å²) in [5, 5.41) is 9.48. The third kappa shape index (κ3) is 2.59. The van der Waals surface area contributed by atoms with Crippen molar-refractivity contribution in [2.24, 2.45) is 0 Å². The van der Waals surface area contributed by atoms with Gasteiger partial charge in [-0.2, -0.15) is 0 Å². The average molecular weight is 223 g/mol. The van der Waals surface area contributed by atoms with Crippen LogP contribution in [0.1, 0.15) is 17.3 Å². The molecule has 3 nitrogen and oxygen atoms in total. The molecule has 4 heteroatoms. The number of hydrogen-bond acceptors (Lipinski definition) is 2. The molecule has 16 heavy (non-hydrogen) atoms. The van der Waals surface area contributed by atoms with E-state index in [9.17, 15) is 14.3 Å². The van der Waals surface area contributed by atoms with Gasteiger partial charge in [0.15, 0.2) is 0 Å². The number of rotatable bonds is 4. The second-order valence-electron chi connectivity index (χ2n) is 3.29. The first-order valence-electron chi connectivity index (χ1n) is 4.98. The van der Waals surface area contributed by atoms with Gasteiger partial charge >= 0.3 is 0 Å². The fraction of sp³-hybridized carbons (Fsp3) is 0.250. The van der Waals surface area contributed by atoms with E-state index in [1.807, 2.05) is 0 Å². The van der Waals surface area contributed by atoms with Crippen molar-refractivity contribution < 1.29 is 14.3 Å². The summed E-state index contributed by atoms with van der Waals surface area (Å²) in [7, 11) is 0. The number of likely N-dealkylation sites (N-methyl/N-ethyl adjacent to an activating group) is 1. The Morgan fingerprint density at radius 1 is 1.62 bits per heavy atom. The van der Waals surface area contributed by atoms with Crippen LogP contribution in [0.2, 0.25) is 0 Å². The molecular weight excluding hydrogens is 209 g/mol. The lowest BCUT2D eigenvalue weighted by Gasteiger charge is -2.19. The molecule has 0 atom stereocenters. The first-order valence-corrected chi connectivity index (χ1v) is 4.98. The highest BCUT2D eigenvalue weighted by Gasteiger charge is 2.17. The molecule has 1 aromatic rings. The summed E-state index contributed by atoms with van der Waals surface area (Å²) in [5.74, 6) is -1.16. The van der Waals surface area contributed by atoms with Gasteiger partial charge in [-0.3, -0.25) is 4.79 Å². The second kappa shape index (κ2) is 5.30. The predicted molar refractivity (Wildman–Crippen MR) is 59.8 cm³/mol. The van der Waals surface area contributed by atoms with E-state index in [0.29, 0.717) is 13.1 Å². The zero-order chi connectivity index (χ0) is 12.1. The average Bonchev–Trinajstić information content (AvgIpc) is 2.28. The molecule has 0 heterocycles. The molecule has 0 unspecified atom stereocenters. The Balaban J connectivity index is 3.02. The zero-order valence-electron chi connectivity index (χ0n) is 9.11. The van der Waals surface area contributed by atoms with Crippen LogP contribution < -0.4 is 0 Å². The molecule has 1 amide bonds. The van der Waals surface area contributed by atoms with E-state index in [1.165, 1.54) is 11.0 Å². The van der Waals surface area contributed by atoms with E-state index >= 15 is 0 Å². The summed E-state index contributed by atoms with van der Waals surface area (Å²) >= 11 is 0. The number of phenols is 1. The molecule has 0 aromatic heterocycles. The summed E-state index contributed by atoms with van der Waals surface area (Å²) in [6.45, 7) is 6.18. The predicted octanol–water partition coefficient (Wildman–Crippen LogP) is 2.18. The van der Waals surface area contributed by atoms with Crippen molar-refractivity contribution in [1.82, 2.24) is 4.90 Å². The summed E-state index contributed by atoms with van der Waals surface area (Å²) < 4.78 is 13.0. The maximum atomic E-state index is 13.0. The lowest BCUT2D eigenvalue weighted by molar-refractivity contribution is 0.0778. The largest absolute Gasteiger partial charge is 0.507 e. The van der Waals surface area contributed by atoms with Gasteiger partial charge in [-0.05, 0) is 25.1 Å². The van der Waals surface area contributed by atoms with Crippen molar-refractivity contribution in [3.63, 3.8) is 0 Å². The lowest BCUT2D eigenvalue weighted by Crippen LogP contribution is -2.31. The van der Waals surface area contributed by atoms with Gasteiger partial charge in [-0.1, -0.05) is 6.08 Å². The van der Waals surface area contributed by atoms with E-state index in [4.69, 9.17) is 0 Å². The molecule has 0 bridgehead atoms. The molecule has 0 aliphatic carbocycles. The van der Waals surface area contributed by atoms with Crippen LogP contribution in [0.15, 0.2) is 30.9 Å². The third-order valence-corrected chi connectivity index (χ3v) is 2.21. The van der Waals surface area contributed by atoms with Gasteiger partial charge in [0.05, 0.1) is 5.56 Å². The Morgan fingerprint density at radius 3 is 2.88 bits per heavy atom. The molecular formula is C12H14FNO2. The van der Waals surface area contributed by atoms with Crippen LogP contribution in [-0.4, -0.2) is 29.0 Å². The minimum absolute atomic E-state index is 0.0244. The van der Waals surface area contributed by atoms with Gasteiger partial charge in [-0.25, -0.2) is 4.39 Å². The maximum absolute atomic E-state index is 13.0. The van der Waals surface area contributed by atoms with Gasteiger partial charge in [0.2, 0.25) is 0 Å². The first-order chi connectivity index (χ1) is 7.60. The zero-order valence-corrected chi connectivity index (χ0v) is 9.11.